The summed E-state index contributed by atoms with van der Waals surface area (Å²) < 4.78 is 0. The summed E-state index contributed by atoms with van der Waals surface area (Å²) in [7, 11) is 0. The number of anilines is 1. The lowest BCUT2D eigenvalue weighted by Crippen LogP contribution is -2.11. The van der Waals surface area contributed by atoms with E-state index in [1.165, 1.54) is 0 Å². The minimum absolute atomic E-state index is 0.496. The van der Waals surface area contributed by atoms with Crippen molar-refractivity contribution in [1.29, 1.82) is 0 Å². The predicted octanol–water partition coefficient (Wildman–Crippen LogP) is 2.45. The maximum atomic E-state index is 5.95. The highest BCUT2D eigenvalue weighted by molar-refractivity contribution is 6.31. The van der Waals surface area contributed by atoms with E-state index in [1.807, 2.05) is 18.2 Å². The van der Waals surface area contributed by atoms with E-state index in [4.69, 9.17) is 17.4 Å². The molecular weight excluding hydrogens is 224 g/mol. The Morgan fingerprint density at radius 1 is 1.31 bits per heavy atom. The van der Waals surface area contributed by atoms with Gasteiger partial charge in [0.25, 0.3) is 0 Å². The van der Waals surface area contributed by atoms with Crippen molar-refractivity contribution in [3.05, 3.63) is 29.0 Å². The van der Waals surface area contributed by atoms with Crippen LogP contribution in [0.3, 0.4) is 0 Å². The Morgan fingerprint density at radius 3 is 2.81 bits per heavy atom. The van der Waals surface area contributed by atoms with Crippen LogP contribution < -0.4 is 11.3 Å². The molecule has 2 aromatic rings. The molecule has 0 bridgehead atoms. The van der Waals surface area contributed by atoms with Gasteiger partial charge in [-0.3, -0.25) is 0 Å². The van der Waals surface area contributed by atoms with Gasteiger partial charge >= 0.3 is 0 Å². The number of nitrogens with one attached hydrogen (secondary N) is 1. The quantitative estimate of drug-likeness (QED) is 0.619. The molecule has 1 aromatic carbocycles. The summed E-state index contributed by atoms with van der Waals surface area (Å²) >= 11 is 5.95. The number of rotatable bonds is 2. The minimum Gasteiger partial charge on any atom is -0.308 e. The number of hydrogen-bond donors (Lipinski definition) is 2. The normalized spacial score (nSPS) is 15.4. The molecule has 0 amide bonds. The third kappa shape index (κ3) is 1.60. The Bertz CT molecular complexity index is 551. The number of halogens is 1. The first-order chi connectivity index (χ1) is 7.78. The van der Waals surface area contributed by atoms with Gasteiger partial charge in [0.1, 0.15) is 5.82 Å². The maximum absolute atomic E-state index is 5.95. The highest BCUT2D eigenvalue weighted by Crippen LogP contribution is 2.39. The summed E-state index contributed by atoms with van der Waals surface area (Å²) in [5.74, 6) is 7.50. The van der Waals surface area contributed by atoms with Crippen LogP contribution in [0, 0.1) is 0 Å². The molecule has 82 valence electrons. The lowest BCUT2D eigenvalue weighted by molar-refractivity contribution is 0.946. The first-order valence-corrected chi connectivity index (χ1v) is 5.59. The molecule has 0 saturated heterocycles. The second-order valence-corrected chi connectivity index (χ2v) is 4.45. The highest BCUT2D eigenvalue weighted by atomic mass is 35.5. The van der Waals surface area contributed by atoms with Crippen molar-refractivity contribution in [2.24, 2.45) is 5.84 Å². The average molecular weight is 235 g/mol. The SMILES string of the molecule is NNc1nc(C2CC2)nc2cc(Cl)ccc12. The molecule has 0 unspecified atom stereocenters. The van der Waals surface area contributed by atoms with E-state index in [0.29, 0.717) is 16.8 Å². The molecular formula is C11H11ClN4. The number of nitrogens with zero attached hydrogens (tertiary/aromatic N) is 2. The molecule has 1 saturated carbocycles. The van der Waals surface area contributed by atoms with E-state index in [2.05, 4.69) is 15.4 Å². The van der Waals surface area contributed by atoms with E-state index in [1.54, 1.807) is 0 Å². The molecule has 1 aliphatic rings. The van der Waals surface area contributed by atoms with Gasteiger partial charge in [0.2, 0.25) is 0 Å². The van der Waals surface area contributed by atoms with Gasteiger partial charge in [-0.1, -0.05) is 11.6 Å². The van der Waals surface area contributed by atoms with Gasteiger partial charge in [0.15, 0.2) is 5.82 Å². The van der Waals surface area contributed by atoms with E-state index >= 15 is 0 Å². The predicted molar refractivity (Wildman–Crippen MR) is 64.3 cm³/mol. The van der Waals surface area contributed by atoms with Crippen LogP contribution in [-0.4, -0.2) is 9.97 Å². The fraction of sp³-hybridized carbons (Fsp3) is 0.273. The van der Waals surface area contributed by atoms with Crippen molar-refractivity contribution >= 4 is 28.3 Å². The lowest BCUT2D eigenvalue weighted by atomic mass is 10.2. The monoisotopic (exact) mass is 234 g/mol. The molecule has 0 aliphatic heterocycles. The Hall–Kier alpha value is -1.39. The van der Waals surface area contributed by atoms with E-state index in [-0.39, 0.29) is 0 Å². The van der Waals surface area contributed by atoms with Gasteiger partial charge in [0.05, 0.1) is 5.52 Å². The smallest absolute Gasteiger partial charge is 0.151 e. The fourth-order valence-electron chi connectivity index (χ4n) is 1.75. The minimum atomic E-state index is 0.496. The summed E-state index contributed by atoms with van der Waals surface area (Å²) in [5.41, 5.74) is 3.46. The number of aromatic nitrogens is 2. The fourth-order valence-corrected chi connectivity index (χ4v) is 1.92. The Labute approximate surface area is 97.8 Å². The van der Waals surface area contributed by atoms with Gasteiger partial charge in [-0.05, 0) is 31.0 Å². The van der Waals surface area contributed by atoms with Gasteiger partial charge in [0, 0.05) is 16.3 Å². The van der Waals surface area contributed by atoms with Crippen molar-refractivity contribution in [3.8, 4) is 0 Å². The zero-order chi connectivity index (χ0) is 11.1. The van der Waals surface area contributed by atoms with Crippen LogP contribution in [-0.2, 0) is 0 Å². The standard InChI is InChI=1S/C11H11ClN4/c12-7-3-4-8-9(5-7)14-10(6-1-2-6)15-11(8)16-13/h3-6H,1-2,13H2,(H,14,15,16). The van der Waals surface area contributed by atoms with Gasteiger partial charge in [-0.25, -0.2) is 15.8 Å². The summed E-state index contributed by atoms with van der Waals surface area (Å²) in [5, 5.41) is 1.58. The molecule has 1 fully saturated rings. The van der Waals surface area contributed by atoms with Gasteiger partial charge < -0.3 is 5.43 Å². The van der Waals surface area contributed by atoms with Crippen LogP contribution in [0.25, 0.3) is 10.9 Å². The van der Waals surface area contributed by atoms with Crippen LogP contribution in [0.15, 0.2) is 18.2 Å². The van der Waals surface area contributed by atoms with E-state index in [9.17, 15) is 0 Å². The highest BCUT2D eigenvalue weighted by Gasteiger charge is 2.27. The second kappa shape index (κ2) is 3.57. The molecule has 5 heteroatoms. The van der Waals surface area contributed by atoms with E-state index < -0.39 is 0 Å². The molecule has 0 atom stereocenters. The molecule has 0 radical (unpaired) electrons. The van der Waals surface area contributed by atoms with Gasteiger partial charge in [-0.15, -0.1) is 0 Å². The van der Waals surface area contributed by atoms with Gasteiger partial charge in [-0.2, -0.15) is 0 Å². The number of benzene rings is 1. The number of nitrogens with two attached hydrogens (primary N) is 1. The zero-order valence-corrected chi connectivity index (χ0v) is 9.33. The van der Waals surface area contributed by atoms with E-state index in [0.717, 1.165) is 29.6 Å². The molecule has 0 spiro atoms. The molecule has 4 nitrogen and oxygen atoms in total. The first-order valence-electron chi connectivity index (χ1n) is 5.22. The average Bonchev–Trinajstić information content (AvgIpc) is 3.10. The molecule has 1 aliphatic carbocycles. The van der Waals surface area contributed by atoms with Crippen LogP contribution in [0.2, 0.25) is 5.02 Å². The first kappa shape index (κ1) is 9.81. The summed E-state index contributed by atoms with van der Waals surface area (Å²) in [6, 6.07) is 5.53. The number of fused-ring (bicyclic) bond motifs is 1. The third-order valence-electron chi connectivity index (χ3n) is 2.76. The molecule has 1 heterocycles. The largest absolute Gasteiger partial charge is 0.308 e. The second-order valence-electron chi connectivity index (χ2n) is 4.01. The molecule has 16 heavy (non-hydrogen) atoms. The molecule has 3 rings (SSSR count). The van der Waals surface area contributed by atoms with Crippen molar-refractivity contribution in [2.75, 3.05) is 5.43 Å². The number of hydrogen-bond acceptors (Lipinski definition) is 4. The maximum Gasteiger partial charge on any atom is 0.151 e. The van der Waals surface area contributed by atoms with Crippen molar-refractivity contribution < 1.29 is 0 Å². The molecule has 3 N–H and O–H groups in total. The topological polar surface area (TPSA) is 63.8 Å². The Kier molecular flexibility index (Phi) is 2.19. The van der Waals surface area contributed by atoms with Crippen LogP contribution >= 0.6 is 11.6 Å². The summed E-state index contributed by atoms with van der Waals surface area (Å²) in [4.78, 5) is 8.94. The summed E-state index contributed by atoms with van der Waals surface area (Å²) in [6.45, 7) is 0. The van der Waals surface area contributed by atoms with Crippen LogP contribution in [0.5, 0.6) is 0 Å². The summed E-state index contributed by atoms with van der Waals surface area (Å²) in [6.07, 6.45) is 2.33. The zero-order valence-electron chi connectivity index (χ0n) is 8.57. The van der Waals surface area contributed by atoms with Crippen LogP contribution in [0.4, 0.5) is 5.82 Å². The van der Waals surface area contributed by atoms with Crippen molar-refractivity contribution in [3.63, 3.8) is 0 Å². The lowest BCUT2D eigenvalue weighted by Gasteiger charge is -2.07. The van der Waals surface area contributed by atoms with Crippen molar-refractivity contribution in [1.82, 2.24) is 9.97 Å². The van der Waals surface area contributed by atoms with Crippen LogP contribution in [0.1, 0.15) is 24.6 Å². The number of hydrazine groups is 1. The molecule has 1 aromatic heterocycles. The Balaban J connectivity index is 2.26. The number of nitrogen functional groups attached to an aromatic ring is 1. The Morgan fingerprint density at radius 2 is 2.12 bits per heavy atom. The van der Waals surface area contributed by atoms with Crippen molar-refractivity contribution in [2.45, 2.75) is 18.8 Å². The third-order valence-corrected chi connectivity index (χ3v) is 2.99.